The molecule has 7 atom stereocenters. The topological polar surface area (TPSA) is 294 Å². The van der Waals surface area contributed by atoms with Gasteiger partial charge >= 0.3 is 5.97 Å². The zero-order valence-electron chi connectivity index (χ0n) is 30.2. The fraction of sp³-hybridized carbons (Fsp3) is 0.588. The maximum Gasteiger partial charge on any atom is 0.326 e. The van der Waals surface area contributed by atoms with Crippen LogP contribution >= 0.6 is 0 Å². The smallest absolute Gasteiger partial charge is 0.326 e. The van der Waals surface area contributed by atoms with Crippen LogP contribution in [0.15, 0.2) is 35.3 Å². The Hall–Kier alpha value is -5.26. The highest BCUT2D eigenvalue weighted by atomic mass is 16.4. The molecule has 1 aliphatic rings. The first-order valence-corrected chi connectivity index (χ1v) is 17.4. The van der Waals surface area contributed by atoms with Crippen LogP contribution in [0.3, 0.4) is 0 Å². The van der Waals surface area contributed by atoms with Crippen LogP contribution in [0.2, 0.25) is 0 Å². The Morgan fingerprint density at radius 2 is 1.50 bits per heavy atom. The molecule has 12 N–H and O–H groups in total. The first-order valence-electron chi connectivity index (χ1n) is 17.4. The van der Waals surface area contributed by atoms with Crippen molar-refractivity contribution in [3.63, 3.8) is 0 Å². The second kappa shape index (κ2) is 21.2. The standard InChI is InChI=1S/C34H54N10O8/c1-5-19(2)27(35)32(50)39-18-26(45)44-16-10-14-25(44)31(49)41-21(4)28(46)42-23(13-9-15-38-34(36)37)30(48)40-20(3)29(47)43-24(33(51)52)17-22-11-7-6-8-12-22/h6-8,11-12,19-21,23-25,27H,5,9-10,13-18,35H2,1-4H3,(H,39,50)(H,40,48)(H,41,49)(H,42,46)(H,43,47)(H,51,52)(H4,36,37,38)/t19-,20-,21-,23-,24-,25-,27-/m0/s1. The SMILES string of the molecule is CC[C@H](C)[C@H](N)C(=O)NCC(=O)N1CCC[C@H]1C(=O)N[C@@H](C)C(=O)N[C@@H](CCCN=C(N)N)C(=O)N[C@@H](C)C(=O)N[C@@H](Cc1ccccc1)C(=O)O. The van der Waals surface area contributed by atoms with Crippen molar-refractivity contribution in [1.29, 1.82) is 0 Å². The lowest BCUT2D eigenvalue weighted by atomic mass is 9.99. The van der Waals surface area contributed by atoms with Gasteiger partial charge in [-0.15, -0.1) is 0 Å². The molecule has 0 spiro atoms. The molecule has 0 bridgehead atoms. The molecule has 0 radical (unpaired) electrons. The molecule has 2 rings (SSSR count). The average molecular weight is 731 g/mol. The lowest BCUT2D eigenvalue weighted by Gasteiger charge is -2.27. The third-order valence-electron chi connectivity index (χ3n) is 8.83. The summed E-state index contributed by atoms with van der Waals surface area (Å²) in [6.45, 7) is 6.60. The molecule has 1 fully saturated rings. The van der Waals surface area contributed by atoms with Gasteiger partial charge in [0.25, 0.3) is 0 Å². The lowest BCUT2D eigenvalue weighted by Crippen LogP contribution is -2.58. The van der Waals surface area contributed by atoms with Gasteiger partial charge in [-0.25, -0.2) is 4.79 Å². The van der Waals surface area contributed by atoms with E-state index in [9.17, 15) is 38.7 Å². The van der Waals surface area contributed by atoms with Crippen LogP contribution in [-0.2, 0) is 40.0 Å². The van der Waals surface area contributed by atoms with E-state index in [1.165, 1.54) is 18.7 Å². The second-order valence-electron chi connectivity index (χ2n) is 12.9. The zero-order valence-corrected chi connectivity index (χ0v) is 30.2. The first-order chi connectivity index (χ1) is 24.5. The van der Waals surface area contributed by atoms with Gasteiger partial charge in [-0.2, -0.15) is 0 Å². The minimum absolute atomic E-state index is 0.0199. The highest BCUT2D eigenvalue weighted by molar-refractivity contribution is 5.96. The van der Waals surface area contributed by atoms with Gasteiger partial charge < -0.3 is 53.8 Å². The Balaban J connectivity index is 2.03. The van der Waals surface area contributed by atoms with Crippen molar-refractivity contribution >= 4 is 47.4 Å². The van der Waals surface area contributed by atoms with E-state index in [1.54, 1.807) is 30.3 Å². The van der Waals surface area contributed by atoms with Crippen molar-refractivity contribution in [2.75, 3.05) is 19.6 Å². The highest BCUT2D eigenvalue weighted by Gasteiger charge is 2.36. The lowest BCUT2D eigenvalue weighted by molar-refractivity contribution is -0.142. The molecule has 0 saturated carbocycles. The number of carboxylic acid groups (broad SMARTS) is 1. The van der Waals surface area contributed by atoms with Gasteiger partial charge in [0.1, 0.15) is 30.2 Å². The number of hydrogen-bond donors (Lipinski definition) is 9. The predicted molar refractivity (Wildman–Crippen MR) is 192 cm³/mol. The summed E-state index contributed by atoms with van der Waals surface area (Å²) < 4.78 is 0. The fourth-order valence-electron chi connectivity index (χ4n) is 5.40. The molecule has 18 heteroatoms. The number of carboxylic acids is 1. The third kappa shape index (κ3) is 13.8. The molecule has 1 aliphatic heterocycles. The van der Waals surface area contributed by atoms with Crippen LogP contribution in [0.25, 0.3) is 0 Å². The molecule has 0 aliphatic carbocycles. The summed E-state index contributed by atoms with van der Waals surface area (Å²) >= 11 is 0. The van der Waals surface area contributed by atoms with Crippen molar-refractivity contribution in [1.82, 2.24) is 31.5 Å². The van der Waals surface area contributed by atoms with Gasteiger partial charge in [0.2, 0.25) is 35.4 Å². The zero-order chi connectivity index (χ0) is 39.0. The molecule has 0 aromatic heterocycles. The Morgan fingerprint density at radius 1 is 0.885 bits per heavy atom. The molecule has 1 aromatic carbocycles. The van der Waals surface area contributed by atoms with Crippen LogP contribution in [0.5, 0.6) is 0 Å². The minimum Gasteiger partial charge on any atom is -0.480 e. The fourth-order valence-corrected chi connectivity index (χ4v) is 5.40. The van der Waals surface area contributed by atoms with Crippen LogP contribution < -0.4 is 43.8 Å². The number of carbonyl (C=O) groups excluding carboxylic acids is 6. The number of benzene rings is 1. The van der Waals surface area contributed by atoms with Crippen LogP contribution in [0.1, 0.15) is 65.4 Å². The van der Waals surface area contributed by atoms with E-state index in [0.29, 0.717) is 24.8 Å². The summed E-state index contributed by atoms with van der Waals surface area (Å²) in [5.74, 6) is -5.23. The van der Waals surface area contributed by atoms with Crippen molar-refractivity contribution in [3.8, 4) is 0 Å². The number of rotatable bonds is 20. The number of likely N-dealkylation sites (tertiary alicyclic amines) is 1. The second-order valence-corrected chi connectivity index (χ2v) is 12.9. The Morgan fingerprint density at radius 3 is 2.10 bits per heavy atom. The van der Waals surface area contributed by atoms with Gasteiger partial charge in [0.15, 0.2) is 5.96 Å². The Labute approximate surface area is 303 Å². The first kappa shape index (κ1) is 42.9. The van der Waals surface area contributed by atoms with E-state index in [1.807, 2.05) is 13.8 Å². The third-order valence-corrected chi connectivity index (χ3v) is 8.83. The summed E-state index contributed by atoms with van der Waals surface area (Å²) in [7, 11) is 0. The molecule has 1 saturated heterocycles. The van der Waals surface area contributed by atoms with Crippen molar-refractivity contribution in [2.45, 2.75) is 102 Å². The molecular weight excluding hydrogens is 676 g/mol. The van der Waals surface area contributed by atoms with E-state index in [-0.39, 0.29) is 50.8 Å². The highest BCUT2D eigenvalue weighted by Crippen LogP contribution is 2.18. The van der Waals surface area contributed by atoms with Crippen LogP contribution in [0, 0.1) is 5.92 Å². The molecule has 1 aromatic rings. The number of carbonyl (C=O) groups is 7. The minimum atomic E-state index is -1.26. The Bertz CT molecular complexity index is 1440. The van der Waals surface area contributed by atoms with Crippen molar-refractivity contribution < 1.29 is 38.7 Å². The van der Waals surface area contributed by atoms with Gasteiger partial charge in [0, 0.05) is 19.5 Å². The van der Waals surface area contributed by atoms with E-state index in [0.717, 1.165) is 0 Å². The Kier molecular flexibility index (Phi) is 17.5. The number of nitrogens with one attached hydrogen (secondary N) is 5. The van der Waals surface area contributed by atoms with Crippen molar-refractivity contribution in [3.05, 3.63) is 35.9 Å². The number of aliphatic imine (C=N–C) groups is 1. The van der Waals surface area contributed by atoms with Crippen LogP contribution in [-0.4, -0.2) is 113 Å². The molecule has 18 nitrogen and oxygen atoms in total. The molecule has 0 unspecified atom stereocenters. The van der Waals surface area contributed by atoms with Gasteiger partial charge in [-0.1, -0.05) is 50.6 Å². The van der Waals surface area contributed by atoms with Crippen LogP contribution in [0.4, 0.5) is 0 Å². The average Bonchev–Trinajstić information content (AvgIpc) is 3.61. The molecular formula is C34H54N10O8. The van der Waals surface area contributed by atoms with E-state index < -0.39 is 77.7 Å². The number of amides is 6. The quantitative estimate of drug-likeness (QED) is 0.0395. The van der Waals surface area contributed by atoms with Crippen molar-refractivity contribution in [2.24, 2.45) is 28.1 Å². The predicted octanol–water partition coefficient (Wildman–Crippen LogP) is -2.17. The number of aliphatic carboxylic acids is 1. The largest absolute Gasteiger partial charge is 0.480 e. The van der Waals surface area contributed by atoms with Gasteiger partial charge in [-0.3, -0.25) is 33.8 Å². The number of nitrogens with zero attached hydrogens (tertiary/aromatic N) is 2. The number of hydrogen-bond acceptors (Lipinski definition) is 9. The molecule has 288 valence electrons. The summed E-state index contributed by atoms with van der Waals surface area (Å²) in [4.78, 5) is 95.1. The summed E-state index contributed by atoms with van der Waals surface area (Å²) in [5.41, 5.74) is 17.4. The van der Waals surface area contributed by atoms with E-state index in [4.69, 9.17) is 17.2 Å². The van der Waals surface area contributed by atoms with E-state index in [2.05, 4.69) is 31.6 Å². The maximum absolute atomic E-state index is 13.3. The maximum atomic E-state index is 13.3. The summed E-state index contributed by atoms with van der Waals surface area (Å²) in [5, 5.41) is 22.3. The van der Waals surface area contributed by atoms with Gasteiger partial charge in [-0.05, 0) is 51.0 Å². The normalized spacial score (nSPS) is 17.2. The summed E-state index contributed by atoms with van der Waals surface area (Å²) in [6.07, 6.45) is 1.89. The molecule has 1 heterocycles. The molecule has 52 heavy (non-hydrogen) atoms. The number of guanidine groups is 1. The monoisotopic (exact) mass is 730 g/mol. The summed E-state index contributed by atoms with van der Waals surface area (Å²) in [6, 6.07) is 2.30. The number of nitrogens with two attached hydrogens (primary N) is 3. The molecule has 6 amide bonds. The van der Waals surface area contributed by atoms with E-state index >= 15 is 0 Å². The van der Waals surface area contributed by atoms with Gasteiger partial charge in [0.05, 0.1) is 12.6 Å².